The summed E-state index contributed by atoms with van der Waals surface area (Å²) in [5, 5.41) is 4.07. The predicted octanol–water partition coefficient (Wildman–Crippen LogP) is 4.34. The second kappa shape index (κ2) is 8.11. The van der Waals surface area contributed by atoms with Gasteiger partial charge in [0.15, 0.2) is 5.65 Å². The molecule has 5 nitrogen and oxygen atoms in total. The van der Waals surface area contributed by atoms with Crippen molar-refractivity contribution < 1.29 is 4.79 Å². The molecular weight excluding hydrogens is 395 g/mol. The summed E-state index contributed by atoms with van der Waals surface area (Å²) in [6, 6.07) is 12.3. The van der Waals surface area contributed by atoms with Crippen LogP contribution in [0.4, 0.5) is 0 Å². The third kappa shape index (κ3) is 4.02. The molecule has 1 aliphatic heterocycles. The first-order valence-corrected chi connectivity index (χ1v) is 10.2. The molecule has 1 fully saturated rings. The van der Waals surface area contributed by atoms with E-state index in [0.717, 1.165) is 32.5 Å². The van der Waals surface area contributed by atoms with Crippen LogP contribution in [-0.4, -0.2) is 39.3 Å². The molecular formula is C21H22Cl2N4O. The number of hydrogen-bond acceptors (Lipinski definition) is 3. The zero-order valence-electron chi connectivity index (χ0n) is 15.7. The van der Waals surface area contributed by atoms with Crippen molar-refractivity contribution in [3.63, 3.8) is 0 Å². The maximum Gasteiger partial charge on any atom is 0.270 e. The van der Waals surface area contributed by atoms with Crippen LogP contribution in [0.2, 0.25) is 10.0 Å². The third-order valence-electron chi connectivity index (χ3n) is 5.20. The molecule has 146 valence electrons. The Balaban J connectivity index is 1.41. The van der Waals surface area contributed by atoms with Gasteiger partial charge in [0.05, 0.1) is 15.7 Å². The maximum atomic E-state index is 12.9. The monoisotopic (exact) mass is 416 g/mol. The first kappa shape index (κ1) is 19.2. The zero-order chi connectivity index (χ0) is 19.7. The Hall–Kier alpha value is -2.08. The molecule has 0 unspecified atom stereocenters. The van der Waals surface area contributed by atoms with E-state index in [1.165, 1.54) is 5.56 Å². The summed E-state index contributed by atoms with van der Waals surface area (Å²) in [6.45, 7) is 4.69. The van der Waals surface area contributed by atoms with Crippen molar-refractivity contribution in [2.45, 2.75) is 32.4 Å². The number of piperidine rings is 1. The predicted molar refractivity (Wildman–Crippen MR) is 112 cm³/mol. The Labute approximate surface area is 174 Å². The summed E-state index contributed by atoms with van der Waals surface area (Å²) < 4.78 is 1.68. The summed E-state index contributed by atoms with van der Waals surface area (Å²) in [7, 11) is 0. The molecule has 1 aromatic carbocycles. The second-order valence-electron chi connectivity index (χ2n) is 7.26. The average molecular weight is 417 g/mol. The van der Waals surface area contributed by atoms with E-state index >= 15 is 0 Å². The van der Waals surface area contributed by atoms with E-state index in [2.05, 4.69) is 39.5 Å². The molecule has 2 aromatic heterocycles. The van der Waals surface area contributed by atoms with Gasteiger partial charge in [-0.25, -0.2) is 4.98 Å². The number of aryl methyl sites for hydroxylation is 1. The van der Waals surface area contributed by atoms with E-state index < -0.39 is 0 Å². The number of hydrogen-bond donors (Lipinski definition) is 1. The lowest BCUT2D eigenvalue weighted by Crippen LogP contribution is -2.44. The van der Waals surface area contributed by atoms with Gasteiger partial charge in [0.2, 0.25) is 0 Å². The van der Waals surface area contributed by atoms with Gasteiger partial charge in [-0.2, -0.15) is 0 Å². The molecule has 1 N–H and O–H groups in total. The number of likely N-dealkylation sites (tertiary alicyclic amines) is 1. The van der Waals surface area contributed by atoms with Crippen molar-refractivity contribution in [1.29, 1.82) is 0 Å². The summed E-state index contributed by atoms with van der Waals surface area (Å²) in [6.07, 6.45) is 3.53. The quantitative estimate of drug-likeness (QED) is 0.687. The minimum Gasteiger partial charge on any atom is -0.348 e. The van der Waals surface area contributed by atoms with Gasteiger partial charge in [0, 0.05) is 31.9 Å². The average Bonchev–Trinajstić information content (AvgIpc) is 3.00. The van der Waals surface area contributed by atoms with Crippen molar-refractivity contribution in [3.8, 4) is 0 Å². The van der Waals surface area contributed by atoms with Crippen LogP contribution in [0.3, 0.4) is 0 Å². The lowest BCUT2D eigenvalue weighted by molar-refractivity contribution is 0.0902. The fourth-order valence-electron chi connectivity index (χ4n) is 3.79. The van der Waals surface area contributed by atoms with Gasteiger partial charge in [-0.15, -0.1) is 0 Å². The summed E-state index contributed by atoms with van der Waals surface area (Å²) >= 11 is 12.3. The highest BCUT2D eigenvalue weighted by atomic mass is 35.5. The minimum atomic E-state index is -0.134. The third-order valence-corrected chi connectivity index (χ3v) is 5.69. The number of aromatic nitrogens is 2. The number of fused-ring (bicyclic) bond motifs is 1. The maximum absolute atomic E-state index is 12.9. The van der Waals surface area contributed by atoms with E-state index in [4.69, 9.17) is 23.2 Å². The molecule has 3 aromatic rings. The minimum absolute atomic E-state index is 0.134. The number of nitrogens with one attached hydrogen (secondary N) is 1. The molecule has 7 heteroatoms. The summed E-state index contributed by atoms with van der Waals surface area (Å²) in [5.41, 5.74) is 3.00. The highest BCUT2D eigenvalue weighted by Gasteiger charge is 2.24. The van der Waals surface area contributed by atoms with Crippen molar-refractivity contribution in [2.24, 2.45) is 0 Å². The van der Waals surface area contributed by atoms with Crippen LogP contribution < -0.4 is 5.32 Å². The number of nitrogens with zero attached hydrogens (tertiary/aromatic N) is 3. The number of pyridine rings is 1. The van der Waals surface area contributed by atoms with Crippen LogP contribution in [0.15, 0.2) is 42.6 Å². The SMILES string of the molecule is Cc1nc2c(Cl)cc(Cl)cn2c1C(=O)NC1CCN(Cc2ccccc2)CC1. The molecule has 0 spiro atoms. The van der Waals surface area contributed by atoms with Crippen molar-refractivity contribution in [2.75, 3.05) is 13.1 Å². The normalized spacial score (nSPS) is 15.8. The molecule has 1 saturated heterocycles. The molecule has 0 radical (unpaired) electrons. The Morgan fingerprint density at radius 1 is 1.21 bits per heavy atom. The van der Waals surface area contributed by atoms with Crippen LogP contribution in [0, 0.1) is 6.92 Å². The van der Waals surface area contributed by atoms with Gasteiger partial charge >= 0.3 is 0 Å². The van der Waals surface area contributed by atoms with Crippen LogP contribution >= 0.6 is 23.2 Å². The number of carbonyl (C=O) groups is 1. The van der Waals surface area contributed by atoms with Gasteiger partial charge in [-0.1, -0.05) is 53.5 Å². The molecule has 0 saturated carbocycles. The lowest BCUT2D eigenvalue weighted by Gasteiger charge is -2.32. The smallest absolute Gasteiger partial charge is 0.270 e. The number of benzene rings is 1. The van der Waals surface area contributed by atoms with E-state index in [-0.39, 0.29) is 11.9 Å². The van der Waals surface area contributed by atoms with E-state index in [9.17, 15) is 4.79 Å². The fourth-order valence-corrected chi connectivity index (χ4v) is 4.30. The molecule has 4 rings (SSSR count). The number of amides is 1. The standard InChI is InChI=1S/C21H22Cl2N4O/c1-14-19(27-13-16(22)11-18(23)20(27)24-14)21(28)25-17-7-9-26(10-8-17)12-15-5-3-2-4-6-15/h2-6,11,13,17H,7-10,12H2,1H3,(H,25,28). The number of carbonyl (C=O) groups excluding carboxylic acids is 1. The highest BCUT2D eigenvalue weighted by molar-refractivity contribution is 6.36. The Morgan fingerprint density at radius 3 is 2.64 bits per heavy atom. The van der Waals surface area contributed by atoms with Gasteiger partial charge in [-0.05, 0) is 31.4 Å². The molecule has 0 atom stereocenters. The molecule has 3 heterocycles. The number of imidazole rings is 1. The summed E-state index contributed by atoms with van der Waals surface area (Å²) in [5.74, 6) is -0.134. The van der Waals surface area contributed by atoms with E-state index in [0.29, 0.717) is 27.1 Å². The first-order chi connectivity index (χ1) is 13.5. The molecule has 1 aliphatic rings. The van der Waals surface area contributed by atoms with Crippen LogP contribution in [-0.2, 0) is 6.54 Å². The van der Waals surface area contributed by atoms with Gasteiger partial charge < -0.3 is 5.32 Å². The largest absolute Gasteiger partial charge is 0.348 e. The van der Waals surface area contributed by atoms with Gasteiger partial charge in [0.25, 0.3) is 5.91 Å². The van der Waals surface area contributed by atoms with Crippen LogP contribution in [0.25, 0.3) is 5.65 Å². The zero-order valence-corrected chi connectivity index (χ0v) is 17.2. The first-order valence-electron chi connectivity index (χ1n) is 9.42. The van der Waals surface area contributed by atoms with E-state index in [1.807, 2.05) is 13.0 Å². The van der Waals surface area contributed by atoms with E-state index in [1.54, 1.807) is 16.7 Å². The van der Waals surface area contributed by atoms with Gasteiger partial charge in [-0.3, -0.25) is 14.1 Å². The number of rotatable bonds is 4. The van der Waals surface area contributed by atoms with Crippen LogP contribution in [0.1, 0.15) is 34.6 Å². The Kier molecular flexibility index (Phi) is 5.58. The Morgan fingerprint density at radius 2 is 1.93 bits per heavy atom. The molecule has 1 amide bonds. The number of halogens is 2. The highest BCUT2D eigenvalue weighted by Crippen LogP contribution is 2.24. The topological polar surface area (TPSA) is 49.6 Å². The van der Waals surface area contributed by atoms with Crippen molar-refractivity contribution >= 4 is 34.8 Å². The van der Waals surface area contributed by atoms with Crippen molar-refractivity contribution in [1.82, 2.24) is 19.6 Å². The lowest BCUT2D eigenvalue weighted by atomic mass is 10.0. The summed E-state index contributed by atoms with van der Waals surface area (Å²) in [4.78, 5) is 19.8. The van der Waals surface area contributed by atoms with Gasteiger partial charge in [0.1, 0.15) is 5.69 Å². The van der Waals surface area contributed by atoms with Crippen molar-refractivity contribution in [3.05, 3.63) is 69.6 Å². The fraction of sp³-hybridized carbons (Fsp3) is 0.333. The van der Waals surface area contributed by atoms with Crippen LogP contribution in [0.5, 0.6) is 0 Å². The molecule has 28 heavy (non-hydrogen) atoms. The Bertz CT molecular complexity index is 995. The molecule has 0 aliphatic carbocycles. The molecule has 0 bridgehead atoms. The second-order valence-corrected chi connectivity index (χ2v) is 8.10.